The van der Waals surface area contributed by atoms with Gasteiger partial charge in [-0.05, 0) is 50.0 Å². The minimum atomic E-state index is 0.629. The van der Waals surface area contributed by atoms with E-state index in [-0.39, 0.29) is 0 Å². The van der Waals surface area contributed by atoms with E-state index in [0.29, 0.717) is 5.82 Å². The molecule has 76 valence electrons. The van der Waals surface area contributed by atoms with Crippen molar-refractivity contribution in [2.75, 3.05) is 25.4 Å². The molecule has 1 aliphatic rings. The summed E-state index contributed by atoms with van der Waals surface area (Å²) in [5.74, 6) is 0.629. The summed E-state index contributed by atoms with van der Waals surface area (Å²) in [6.07, 6.45) is 5.60. The van der Waals surface area contributed by atoms with Crippen LogP contribution in [0.2, 0.25) is 0 Å². The molecule has 3 heteroatoms. The lowest BCUT2D eigenvalue weighted by Gasteiger charge is -2.13. The van der Waals surface area contributed by atoms with Crippen molar-refractivity contribution >= 4 is 5.82 Å². The van der Waals surface area contributed by atoms with Crippen LogP contribution in [0.1, 0.15) is 18.4 Å². The molecule has 1 aromatic rings. The first-order valence-electron chi connectivity index (χ1n) is 5.27. The molecule has 3 nitrogen and oxygen atoms in total. The SMILES string of the molecule is Nc1cc(CCN2CCCC2)ccn1. The lowest BCUT2D eigenvalue weighted by Crippen LogP contribution is -2.21. The van der Waals surface area contributed by atoms with Crippen molar-refractivity contribution in [1.82, 2.24) is 9.88 Å². The van der Waals surface area contributed by atoms with E-state index in [0.717, 1.165) is 13.0 Å². The molecule has 0 saturated carbocycles. The Balaban J connectivity index is 1.85. The molecule has 0 aliphatic carbocycles. The van der Waals surface area contributed by atoms with E-state index in [1.807, 2.05) is 12.1 Å². The van der Waals surface area contributed by atoms with Gasteiger partial charge in [0, 0.05) is 12.7 Å². The quantitative estimate of drug-likeness (QED) is 0.783. The maximum Gasteiger partial charge on any atom is 0.123 e. The van der Waals surface area contributed by atoms with Gasteiger partial charge in [0.15, 0.2) is 0 Å². The van der Waals surface area contributed by atoms with Crippen LogP contribution in [0, 0.1) is 0 Å². The van der Waals surface area contributed by atoms with Crippen LogP contribution >= 0.6 is 0 Å². The van der Waals surface area contributed by atoms with Crippen LogP contribution in [0.5, 0.6) is 0 Å². The second kappa shape index (κ2) is 4.42. The van der Waals surface area contributed by atoms with Crippen LogP contribution in [-0.4, -0.2) is 29.5 Å². The number of pyridine rings is 1. The van der Waals surface area contributed by atoms with Gasteiger partial charge in [-0.15, -0.1) is 0 Å². The van der Waals surface area contributed by atoms with Crippen molar-refractivity contribution in [2.24, 2.45) is 0 Å². The third-order valence-corrected chi connectivity index (χ3v) is 2.76. The van der Waals surface area contributed by atoms with Gasteiger partial charge in [0.1, 0.15) is 5.82 Å². The minimum absolute atomic E-state index is 0.629. The molecule has 0 unspecified atom stereocenters. The molecular formula is C11H17N3. The molecule has 2 N–H and O–H groups in total. The summed E-state index contributed by atoms with van der Waals surface area (Å²) in [7, 11) is 0. The molecule has 0 spiro atoms. The van der Waals surface area contributed by atoms with E-state index in [2.05, 4.69) is 9.88 Å². The lowest BCUT2D eigenvalue weighted by molar-refractivity contribution is 0.343. The first-order chi connectivity index (χ1) is 6.84. The third-order valence-electron chi connectivity index (χ3n) is 2.76. The van der Waals surface area contributed by atoms with Gasteiger partial charge in [-0.2, -0.15) is 0 Å². The molecule has 14 heavy (non-hydrogen) atoms. The summed E-state index contributed by atoms with van der Waals surface area (Å²) in [5.41, 5.74) is 6.91. The Morgan fingerprint density at radius 2 is 2.14 bits per heavy atom. The Hall–Kier alpha value is -1.09. The van der Waals surface area contributed by atoms with E-state index in [4.69, 9.17) is 5.73 Å². The average Bonchev–Trinajstić information content (AvgIpc) is 2.67. The van der Waals surface area contributed by atoms with Gasteiger partial charge < -0.3 is 10.6 Å². The first-order valence-corrected chi connectivity index (χ1v) is 5.27. The molecule has 0 bridgehead atoms. The number of nitrogen functional groups attached to an aromatic ring is 1. The fraction of sp³-hybridized carbons (Fsp3) is 0.545. The van der Waals surface area contributed by atoms with E-state index in [1.165, 1.54) is 31.5 Å². The molecule has 1 fully saturated rings. The van der Waals surface area contributed by atoms with Gasteiger partial charge in [-0.3, -0.25) is 0 Å². The Bertz CT molecular complexity index is 292. The topological polar surface area (TPSA) is 42.1 Å². The number of rotatable bonds is 3. The molecule has 2 heterocycles. The smallest absolute Gasteiger partial charge is 0.123 e. The average molecular weight is 191 g/mol. The second-order valence-corrected chi connectivity index (χ2v) is 3.89. The summed E-state index contributed by atoms with van der Waals surface area (Å²) in [4.78, 5) is 6.49. The number of hydrogen-bond acceptors (Lipinski definition) is 3. The Morgan fingerprint density at radius 1 is 1.36 bits per heavy atom. The summed E-state index contributed by atoms with van der Waals surface area (Å²) >= 11 is 0. The molecular weight excluding hydrogens is 174 g/mol. The number of nitrogens with two attached hydrogens (primary N) is 1. The summed E-state index contributed by atoms with van der Waals surface area (Å²) in [5, 5.41) is 0. The number of hydrogen-bond donors (Lipinski definition) is 1. The Morgan fingerprint density at radius 3 is 2.86 bits per heavy atom. The summed E-state index contributed by atoms with van der Waals surface area (Å²) in [6.45, 7) is 3.69. The van der Waals surface area contributed by atoms with Crippen molar-refractivity contribution in [1.29, 1.82) is 0 Å². The number of nitrogens with zero attached hydrogens (tertiary/aromatic N) is 2. The minimum Gasteiger partial charge on any atom is -0.384 e. The van der Waals surface area contributed by atoms with Crippen molar-refractivity contribution in [2.45, 2.75) is 19.3 Å². The molecule has 0 radical (unpaired) electrons. The highest BCUT2D eigenvalue weighted by Gasteiger charge is 2.10. The fourth-order valence-corrected chi connectivity index (χ4v) is 1.94. The Kier molecular flexibility index (Phi) is 2.99. The van der Waals surface area contributed by atoms with Gasteiger partial charge in [0.05, 0.1) is 0 Å². The van der Waals surface area contributed by atoms with Crippen LogP contribution in [0.25, 0.3) is 0 Å². The van der Waals surface area contributed by atoms with Gasteiger partial charge >= 0.3 is 0 Å². The van der Waals surface area contributed by atoms with Crippen LogP contribution in [0.15, 0.2) is 18.3 Å². The van der Waals surface area contributed by atoms with Gasteiger partial charge in [-0.25, -0.2) is 4.98 Å². The number of aromatic nitrogens is 1. The molecule has 1 aromatic heterocycles. The lowest BCUT2D eigenvalue weighted by atomic mass is 10.2. The molecule has 1 saturated heterocycles. The van der Waals surface area contributed by atoms with Crippen molar-refractivity contribution in [3.8, 4) is 0 Å². The van der Waals surface area contributed by atoms with E-state index >= 15 is 0 Å². The highest BCUT2D eigenvalue weighted by Crippen LogP contribution is 2.09. The summed E-state index contributed by atoms with van der Waals surface area (Å²) < 4.78 is 0. The highest BCUT2D eigenvalue weighted by atomic mass is 15.1. The van der Waals surface area contributed by atoms with E-state index < -0.39 is 0 Å². The summed E-state index contributed by atoms with van der Waals surface area (Å²) in [6, 6.07) is 4.02. The zero-order valence-electron chi connectivity index (χ0n) is 8.45. The monoisotopic (exact) mass is 191 g/mol. The van der Waals surface area contributed by atoms with Gasteiger partial charge in [-0.1, -0.05) is 0 Å². The number of likely N-dealkylation sites (tertiary alicyclic amines) is 1. The predicted molar refractivity (Wildman–Crippen MR) is 58.0 cm³/mol. The molecule has 0 amide bonds. The molecule has 2 rings (SSSR count). The van der Waals surface area contributed by atoms with Crippen LogP contribution in [0.3, 0.4) is 0 Å². The third kappa shape index (κ3) is 2.45. The van der Waals surface area contributed by atoms with E-state index in [1.54, 1.807) is 6.20 Å². The fourth-order valence-electron chi connectivity index (χ4n) is 1.94. The predicted octanol–water partition coefficient (Wildman–Crippen LogP) is 1.30. The van der Waals surface area contributed by atoms with Crippen molar-refractivity contribution in [3.63, 3.8) is 0 Å². The van der Waals surface area contributed by atoms with Gasteiger partial charge in [0.2, 0.25) is 0 Å². The standard InChI is InChI=1S/C11H17N3/c12-11-9-10(3-5-13-11)4-8-14-6-1-2-7-14/h3,5,9H,1-2,4,6-8H2,(H2,12,13). The maximum atomic E-state index is 5.62. The van der Waals surface area contributed by atoms with Crippen LogP contribution in [0.4, 0.5) is 5.82 Å². The first kappa shape index (κ1) is 9.46. The Labute approximate surface area is 84.9 Å². The highest BCUT2D eigenvalue weighted by molar-refractivity contribution is 5.31. The van der Waals surface area contributed by atoms with Gasteiger partial charge in [0.25, 0.3) is 0 Å². The molecule has 1 aliphatic heterocycles. The molecule has 0 atom stereocenters. The zero-order valence-corrected chi connectivity index (χ0v) is 8.45. The second-order valence-electron chi connectivity index (χ2n) is 3.89. The largest absolute Gasteiger partial charge is 0.384 e. The van der Waals surface area contributed by atoms with Crippen LogP contribution in [-0.2, 0) is 6.42 Å². The normalized spacial score (nSPS) is 17.4. The zero-order chi connectivity index (χ0) is 9.80. The van der Waals surface area contributed by atoms with Crippen molar-refractivity contribution < 1.29 is 0 Å². The van der Waals surface area contributed by atoms with Crippen molar-refractivity contribution in [3.05, 3.63) is 23.9 Å². The number of anilines is 1. The maximum absolute atomic E-state index is 5.62. The molecule has 0 aromatic carbocycles. The van der Waals surface area contributed by atoms with E-state index in [9.17, 15) is 0 Å². The van der Waals surface area contributed by atoms with Crippen LogP contribution < -0.4 is 5.73 Å².